The highest BCUT2D eigenvalue weighted by Crippen LogP contribution is 2.37. The van der Waals surface area contributed by atoms with Crippen LogP contribution in [0.15, 0.2) is 18.2 Å². The lowest BCUT2D eigenvalue weighted by Gasteiger charge is -2.28. The third-order valence-corrected chi connectivity index (χ3v) is 4.24. The van der Waals surface area contributed by atoms with E-state index < -0.39 is 11.8 Å². The Balaban J connectivity index is 0.00000200. The fourth-order valence-electron chi connectivity index (χ4n) is 3.15. The number of carboxylic acids is 1. The lowest BCUT2D eigenvalue weighted by molar-refractivity contribution is 0.0692. The van der Waals surface area contributed by atoms with Crippen LogP contribution in [0.25, 0.3) is 0 Å². The van der Waals surface area contributed by atoms with Crippen LogP contribution in [0.1, 0.15) is 67.3 Å². The van der Waals surface area contributed by atoms with Gasteiger partial charge in [0.2, 0.25) is 0 Å². The van der Waals surface area contributed by atoms with Gasteiger partial charge in [-0.2, -0.15) is 0 Å². The highest BCUT2D eigenvalue weighted by atomic mass is 35.5. The van der Waals surface area contributed by atoms with Gasteiger partial charge in [0.25, 0.3) is 0 Å². The summed E-state index contributed by atoms with van der Waals surface area (Å²) in [4.78, 5) is 10.8. The molecule has 0 unspecified atom stereocenters. The average Bonchev–Trinajstić information content (AvgIpc) is 2.39. The molecular formula is C16H22ClFO2. The number of hydrogen-bond donors (Lipinski definition) is 1. The topological polar surface area (TPSA) is 37.3 Å². The number of carbonyl (C=O) groups is 1. The molecule has 0 heterocycles. The number of rotatable bonds is 4. The summed E-state index contributed by atoms with van der Waals surface area (Å²) >= 11 is 0. The van der Waals surface area contributed by atoms with Crippen molar-refractivity contribution in [2.24, 2.45) is 5.92 Å². The molecule has 0 aromatic heterocycles. The number of hydrogen-bond acceptors (Lipinski definition) is 1. The molecule has 0 bridgehead atoms. The van der Waals surface area contributed by atoms with Crippen LogP contribution in [-0.4, -0.2) is 11.1 Å². The molecule has 0 spiro atoms. The first-order valence-electron chi connectivity index (χ1n) is 7.14. The number of halogens is 2. The zero-order valence-electron chi connectivity index (χ0n) is 11.8. The van der Waals surface area contributed by atoms with Crippen LogP contribution in [-0.2, 0) is 0 Å². The second-order valence-corrected chi connectivity index (χ2v) is 5.55. The standard InChI is InChI=1S/C16H21FO2.ClH/c1-2-3-11-4-6-12(7-5-11)13-8-9-14(16(18)19)15(17)10-13;/h8-12H,2-7H2,1H3,(H,18,19);1H/t11-,12-;. The van der Waals surface area contributed by atoms with Crippen LogP contribution in [0, 0.1) is 11.7 Å². The van der Waals surface area contributed by atoms with E-state index in [-0.39, 0.29) is 18.0 Å². The second-order valence-electron chi connectivity index (χ2n) is 5.55. The van der Waals surface area contributed by atoms with Crippen molar-refractivity contribution in [3.63, 3.8) is 0 Å². The van der Waals surface area contributed by atoms with E-state index >= 15 is 0 Å². The Morgan fingerprint density at radius 1 is 1.30 bits per heavy atom. The Morgan fingerprint density at radius 2 is 1.95 bits per heavy atom. The van der Waals surface area contributed by atoms with Crippen LogP contribution >= 0.6 is 12.4 Å². The minimum atomic E-state index is -1.20. The molecule has 0 atom stereocenters. The number of benzene rings is 1. The summed E-state index contributed by atoms with van der Waals surface area (Å²) in [7, 11) is 0. The largest absolute Gasteiger partial charge is 0.478 e. The molecule has 2 nitrogen and oxygen atoms in total. The molecule has 1 aromatic carbocycles. The van der Waals surface area contributed by atoms with Gasteiger partial charge in [0, 0.05) is 0 Å². The van der Waals surface area contributed by atoms with Gasteiger partial charge in [0.05, 0.1) is 5.56 Å². The molecule has 0 aliphatic heterocycles. The maximum absolute atomic E-state index is 13.7. The third-order valence-electron chi connectivity index (χ3n) is 4.24. The smallest absolute Gasteiger partial charge is 0.338 e. The quantitative estimate of drug-likeness (QED) is 0.847. The van der Waals surface area contributed by atoms with Crippen molar-refractivity contribution in [3.8, 4) is 0 Å². The van der Waals surface area contributed by atoms with Crippen molar-refractivity contribution in [1.29, 1.82) is 0 Å². The Kier molecular flexibility index (Phi) is 6.47. The van der Waals surface area contributed by atoms with E-state index in [0.29, 0.717) is 5.92 Å². The predicted molar refractivity (Wildman–Crippen MR) is 80.2 cm³/mol. The van der Waals surface area contributed by atoms with Crippen molar-refractivity contribution < 1.29 is 14.3 Å². The molecule has 1 aliphatic rings. The molecule has 1 aromatic rings. The lowest BCUT2D eigenvalue weighted by Crippen LogP contribution is -2.13. The third kappa shape index (κ3) is 3.95. The van der Waals surface area contributed by atoms with Gasteiger partial charge in [-0.1, -0.05) is 25.8 Å². The first-order chi connectivity index (χ1) is 9.11. The van der Waals surface area contributed by atoms with Gasteiger partial charge < -0.3 is 5.11 Å². The first kappa shape index (κ1) is 17.0. The van der Waals surface area contributed by atoms with E-state index in [0.717, 1.165) is 24.3 Å². The van der Waals surface area contributed by atoms with Crippen molar-refractivity contribution in [1.82, 2.24) is 0 Å². The Bertz CT molecular complexity index is 454. The molecule has 0 radical (unpaired) electrons. The second kappa shape index (κ2) is 7.63. The van der Waals surface area contributed by atoms with Crippen LogP contribution in [0.2, 0.25) is 0 Å². The SMILES string of the molecule is CCC[C@H]1CC[C@H](c2ccc(C(=O)O)c(F)c2)CC1.Cl. The van der Waals surface area contributed by atoms with E-state index in [2.05, 4.69) is 6.92 Å². The van der Waals surface area contributed by atoms with E-state index in [1.54, 1.807) is 6.07 Å². The minimum absolute atomic E-state index is 0. The van der Waals surface area contributed by atoms with Crippen LogP contribution in [0.5, 0.6) is 0 Å². The van der Waals surface area contributed by atoms with Crippen molar-refractivity contribution in [3.05, 3.63) is 35.1 Å². The number of carboxylic acid groups (broad SMARTS) is 1. The van der Waals surface area contributed by atoms with E-state index in [1.807, 2.05) is 0 Å². The first-order valence-corrected chi connectivity index (χ1v) is 7.14. The molecule has 4 heteroatoms. The molecular weight excluding hydrogens is 279 g/mol. The average molecular weight is 301 g/mol. The van der Waals surface area contributed by atoms with Gasteiger partial charge in [0.15, 0.2) is 0 Å². The molecule has 2 rings (SSSR count). The Hall–Kier alpha value is -1.09. The Labute approximate surface area is 125 Å². The molecule has 1 saturated carbocycles. The van der Waals surface area contributed by atoms with Crippen LogP contribution < -0.4 is 0 Å². The van der Waals surface area contributed by atoms with Crippen LogP contribution in [0.4, 0.5) is 4.39 Å². The highest BCUT2D eigenvalue weighted by molar-refractivity contribution is 5.87. The van der Waals surface area contributed by atoms with Gasteiger partial charge in [-0.3, -0.25) is 0 Å². The molecule has 20 heavy (non-hydrogen) atoms. The van der Waals surface area contributed by atoms with Crippen molar-refractivity contribution >= 4 is 18.4 Å². The molecule has 112 valence electrons. The summed E-state index contributed by atoms with van der Waals surface area (Å²) in [5.74, 6) is -0.591. The zero-order valence-corrected chi connectivity index (χ0v) is 12.6. The fourth-order valence-corrected chi connectivity index (χ4v) is 3.15. The summed E-state index contributed by atoms with van der Waals surface area (Å²) in [6.45, 7) is 2.21. The van der Waals surface area contributed by atoms with E-state index in [4.69, 9.17) is 5.11 Å². The molecule has 1 fully saturated rings. The van der Waals surface area contributed by atoms with Gasteiger partial charge in [-0.15, -0.1) is 12.4 Å². The minimum Gasteiger partial charge on any atom is -0.478 e. The Morgan fingerprint density at radius 3 is 2.45 bits per heavy atom. The van der Waals surface area contributed by atoms with Gasteiger partial charge >= 0.3 is 5.97 Å². The van der Waals surface area contributed by atoms with E-state index in [1.165, 1.54) is 37.8 Å². The molecule has 1 aliphatic carbocycles. The molecule has 0 saturated heterocycles. The van der Waals surface area contributed by atoms with Crippen LogP contribution in [0.3, 0.4) is 0 Å². The fraction of sp³-hybridized carbons (Fsp3) is 0.562. The predicted octanol–water partition coefficient (Wildman–Crippen LogP) is 5.02. The monoisotopic (exact) mass is 300 g/mol. The maximum Gasteiger partial charge on any atom is 0.338 e. The van der Waals surface area contributed by atoms with Crippen molar-refractivity contribution in [2.45, 2.75) is 51.4 Å². The summed E-state index contributed by atoms with van der Waals surface area (Å²) in [5, 5.41) is 8.82. The molecule has 0 amide bonds. The van der Waals surface area contributed by atoms with Gasteiger partial charge in [0.1, 0.15) is 5.82 Å². The summed E-state index contributed by atoms with van der Waals surface area (Å²) in [6, 6.07) is 4.58. The summed E-state index contributed by atoms with van der Waals surface area (Å²) < 4.78 is 13.7. The maximum atomic E-state index is 13.7. The summed E-state index contributed by atoms with van der Waals surface area (Å²) in [6.07, 6.45) is 7.13. The van der Waals surface area contributed by atoms with Gasteiger partial charge in [-0.05, 0) is 55.2 Å². The normalized spacial score (nSPS) is 22.1. The lowest BCUT2D eigenvalue weighted by atomic mass is 9.77. The summed E-state index contributed by atoms with van der Waals surface area (Å²) in [5.41, 5.74) is 0.723. The number of aromatic carboxylic acids is 1. The molecule has 1 N–H and O–H groups in total. The van der Waals surface area contributed by atoms with E-state index in [9.17, 15) is 9.18 Å². The highest BCUT2D eigenvalue weighted by Gasteiger charge is 2.23. The zero-order chi connectivity index (χ0) is 13.8. The van der Waals surface area contributed by atoms with Gasteiger partial charge in [-0.25, -0.2) is 9.18 Å². The van der Waals surface area contributed by atoms with Crippen molar-refractivity contribution in [2.75, 3.05) is 0 Å².